The van der Waals surface area contributed by atoms with Gasteiger partial charge in [-0.15, -0.1) is 0 Å². The van der Waals surface area contributed by atoms with E-state index in [1.807, 2.05) is 48.5 Å². The molecule has 0 saturated carbocycles. The lowest BCUT2D eigenvalue weighted by Gasteiger charge is -2.09. The second kappa shape index (κ2) is 9.11. The van der Waals surface area contributed by atoms with E-state index in [1.165, 1.54) is 6.26 Å². The second-order valence-electron chi connectivity index (χ2n) is 7.51. The SMILES string of the molecule is COc1cccc(-c2nc(-c3noc4ccc(C(=O)NCc5ccccc5OC)cc34)co2)c1. The largest absolute Gasteiger partial charge is 0.497 e. The van der Waals surface area contributed by atoms with Crippen molar-refractivity contribution < 1.29 is 23.2 Å². The van der Waals surface area contributed by atoms with E-state index in [1.54, 1.807) is 32.4 Å². The lowest BCUT2D eigenvalue weighted by Crippen LogP contribution is -2.23. The highest BCUT2D eigenvalue weighted by Gasteiger charge is 2.18. The lowest BCUT2D eigenvalue weighted by atomic mass is 10.1. The molecule has 0 aliphatic heterocycles. The van der Waals surface area contributed by atoms with Crippen LogP contribution in [0.15, 0.2) is 81.9 Å². The summed E-state index contributed by atoms with van der Waals surface area (Å²) in [5.74, 6) is 1.62. The third-order valence-electron chi connectivity index (χ3n) is 5.43. The van der Waals surface area contributed by atoms with E-state index in [4.69, 9.17) is 18.4 Å². The molecule has 5 aromatic rings. The van der Waals surface area contributed by atoms with Crippen molar-refractivity contribution >= 4 is 16.9 Å². The minimum atomic E-state index is -0.225. The predicted octanol–water partition coefficient (Wildman–Crippen LogP) is 5.10. The molecule has 2 aromatic heterocycles. The number of amides is 1. The van der Waals surface area contributed by atoms with Gasteiger partial charge in [0.1, 0.15) is 29.2 Å². The van der Waals surface area contributed by atoms with Gasteiger partial charge in [0.15, 0.2) is 5.58 Å². The zero-order chi connectivity index (χ0) is 23.5. The van der Waals surface area contributed by atoms with Crippen molar-refractivity contribution in [3.63, 3.8) is 0 Å². The number of aromatic nitrogens is 2. The number of fused-ring (bicyclic) bond motifs is 1. The van der Waals surface area contributed by atoms with E-state index in [9.17, 15) is 4.79 Å². The summed E-state index contributed by atoms with van der Waals surface area (Å²) in [6, 6.07) is 20.1. The number of rotatable bonds is 7. The average molecular weight is 455 g/mol. The Balaban J connectivity index is 1.40. The molecule has 0 unspecified atom stereocenters. The number of para-hydroxylation sites is 1. The van der Waals surface area contributed by atoms with Gasteiger partial charge in [0, 0.05) is 23.2 Å². The molecular formula is C26H21N3O5. The van der Waals surface area contributed by atoms with Crippen LogP contribution in [0.2, 0.25) is 0 Å². The zero-order valence-electron chi connectivity index (χ0n) is 18.6. The molecule has 5 rings (SSSR count). The van der Waals surface area contributed by atoms with Gasteiger partial charge < -0.3 is 23.7 Å². The highest BCUT2D eigenvalue weighted by atomic mass is 16.5. The Kier molecular flexibility index (Phi) is 5.70. The molecule has 0 bridgehead atoms. The van der Waals surface area contributed by atoms with Crippen LogP contribution in [-0.2, 0) is 6.54 Å². The Labute approximate surface area is 195 Å². The van der Waals surface area contributed by atoms with E-state index >= 15 is 0 Å². The summed E-state index contributed by atoms with van der Waals surface area (Å²) in [7, 11) is 3.21. The first kappa shape index (κ1) is 21.3. The Hall–Kier alpha value is -4.59. The Morgan fingerprint density at radius 3 is 2.74 bits per heavy atom. The first-order valence-corrected chi connectivity index (χ1v) is 10.6. The van der Waals surface area contributed by atoms with Crippen molar-refractivity contribution in [3.05, 3.63) is 84.1 Å². The maximum atomic E-state index is 12.8. The molecule has 0 aliphatic carbocycles. The van der Waals surface area contributed by atoms with Crippen molar-refractivity contribution in [1.29, 1.82) is 0 Å². The number of carbonyl (C=O) groups is 1. The van der Waals surface area contributed by atoms with E-state index in [2.05, 4.69) is 15.5 Å². The predicted molar refractivity (Wildman–Crippen MR) is 126 cm³/mol. The molecule has 0 fully saturated rings. The van der Waals surface area contributed by atoms with E-state index in [0.717, 1.165) is 16.9 Å². The van der Waals surface area contributed by atoms with Gasteiger partial charge in [-0.3, -0.25) is 4.79 Å². The van der Waals surface area contributed by atoms with Gasteiger partial charge in [0.25, 0.3) is 5.91 Å². The van der Waals surface area contributed by atoms with E-state index in [0.29, 0.717) is 46.1 Å². The number of methoxy groups -OCH3 is 2. The van der Waals surface area contributed by atoms with Crippen molar-refractivity contribution in [3.8, 4) is 34.3 Å². The van der Waals surface area contributed by atoms with Gasteiger partial charge in [0.2, 0.25) is 5.89 Å². The van der Waals surface area contributed by atoms with Crippen LogP contribution in [0.3, 0.4) is 0 Å². The highest BCUT2D eigenvalue weighted by molar-refractivity contribution is 6.00. The Morgan fingerprint density at radius 2 is 1.88 bits per heavy atom. The van der Waals surface area contributed by atoms with Crippen molar-refractivity contribution in [2.75, 3.05) is 14.2 Å². The van der Waals surface area contributed by atoms with Gasteiger partial charge in [0.05, 0.1) is 19.6 Å². The maximum Gasteiger partial charge on any atom is 0.251 e. The van der Waals surface area contributed by atoms with Crippen molar-refractivity contribution in [2.24, 2.45) is 0 Å². The molecule has 0 radical (unpaired) electrons. The summed E-state index contributed by atoms with van der Waals surface area (Å²) >= 11 is 0. The van der Waals surface area contributed by atoms with Crippen LogP contribution >= 0.6 is 0 Å². The van der Waals surface area contributed by atoms with Gasteiger partial charge in [-0.1, -0.05) is 29.4 Å². The van der Waals surface area contributed by atoms with Crippen LogP contribution in [0.4, 0.5) is 0 Å². The van der Waals surface area contributed by atoms with Crippen LogP contribution in [0, 0.1) is 0 Å². The molecule has 8 nitrogen and oxygen atoms in total. The topological polar surface area (TPSA) is 99.6 Å². The van der Waals surface area contributed by atoms with Crippen molar-refractivity contribution in [2.45, 2.75) is 6.54 Å². The number of nitrogens with one attached hydrogen (secondary N) is 1. The molecule has 2 heterocycles. The first-order valence-electron chi connectivity index (χ1n) is 10.6. The van der Waals surface area contributed by atoms with E-state index in [-0.39, 0.29) is 5.91 Å². The normalized spacial score (nSPS) is 10.9. The highest BCUT2D eigenvalue weighted by Crippen LogP contribution is 2.31. The van der Waals surface area contributed by atoms with E-state index < -0.39 is 0 Å². The second-order valence-corrected chi connectivity index (χ2v) is 7.51. The molecular weight excluding hydrogens is 434 g/mol. The minimum Gasteiger partial charge on any atom is -0.497 e. The molecule has 1 N–H and O–H groups in total. The number of hydrogen-bond donors (Lipinski definition) is 1. The lowest BCUT2D eigenvalue weighted by molar-refractivity contribution is 0.0951. The van der Waals surface area contributed by atoms with Crippen LogP contribution < -0.4 is 14.8 Å². The third-order valence-corrected chi connectivity index (χ3v) is 5.43. The fraction of sp³-hybridized carbons (Fsp3) is 0.115. The minimum absolute atomic E-state index is 0.225. The molecule has 3 aromatic carbocycles. The fourth-order valence-corrected chi connectivity index (χ4v) is 3.66. The summed E-state index contributed by atoms with van der Waals surface area (Å²) in [4.78, 5) is 17.4. The molecule has 8 heteroatoms. The summed E-state index contributed by atoms with van der Waals surface area (Å²) in [6.07, 6.45) is 1.51. The van der Waals surface area contributed by atoms with Crippen LogP contribution in [0.5, 0.6) is 11.5 Å². The summed E-state index contributed by atoms with van der Waals surface area (Å²) in [6.45, 7) is 0.338. The standard InChI is InChI=1S/C26H21N3O5/c1-31-19-8-5-7-17(12-19)26-28-21(15-33-26)24-20-13-16(10-11-23(20)34-29-24)25(30)27-14-18-6-3-4-9-22(18)32-2/h3-13,15H,14H2,1-2H3,(H,27,30). The van der Waals surface area contributed by atoms with Crippen molar-refractivity contribution in [1.82, 2.24) is 15.5 Å². The monoisotopic (exact) mass is 455 g/mol. The number of hydrogen-bond acceptors (Lipinski definition) is 7. The van der Waals surface area contributed by atoms with Crippen LogP contribution in [0.1, 0.15) is 15.9 Å². The fourth-order valence-electron chi connectivity index (χ4n) is 3.66. The van der Waals surface area contributed by atoms with Gasteiger partial charge in [-0.2, -0.15) is 0 Å². The molecule has 0 atom stereocenters. The third kappa shape index (κ3) is 4.09. The van der Waals surface area contributed by atoms with Crippen LogP contribution in [0.25, 0.3) is 33.8 Å². The smallest absolute Gasteiger partial charge is 0.251 e. The summed E-state index contributed by atoms with van der Waals surface area (Å²) in [5, 5.41) is 7.74. The number of benzene rings is 3. The Morgan fingerprint density at radius 1 is 1.00 bits per heavy atom. The number of nitrogens with zero attached hydrogens (tertiary/aromatic N) is 2. The van der Waals surface area contributed by atoms with Gasteiger partial charge >= 0.3 is 0 Å². The molecule has 0 aliphatic rings. The molecule has 0 spiro atoms. The number of carbonyl (C=O) groups excluding carboxylic acids is 1. The average Bonchev–Trinajstić information content (AvgIpc) is 3.54. The van der Waals surface area contributed by atoms with Gasteiger partial charge in [-0.05, 0) is 42.5 Å². The quantitative estimate of drug-likeness (QED) is 0.365. The molecule has 0 saturated heterocycles. The zero-order valence-corrected chi connectivity index (χ0v) is 18.6. The van der Waals surface area contributed by atoms with Crippen LogP contribution in [-0.4, -0.2) is 30.3 Å². The molecule has 1 amide bonds. The Bertz CT molecular complexity index is 1470. The summed E-state index contributed by atoms with van der Waals surface area (Å²) in [5.41, 5.74) is 3.67. The maximum absolute atomic E-state index is 12.8. The van der Waals surface area contributed by atoms with Gasteiger partial charge in [-0.25, -0.2) is 4.98 Å². The first-order chi connectivity index (χ1) is 16.7. The molecule has 34 heavy (non-hydrogen) atoms. The summed E-state index contributed by atoms with van der Waals surface area (Å²) < 4.78 is 21.7. The molecule has 170 valence electrons. The number of oxazole rings is 1. The number of ether oxygens (including phenoxy) is 2.